The minimum absolute atomic E-state index is 0.125. The van der Waals surface area contributed by atoms with Crippen LogP contribution in [0.25, 0.3) is 6.08 Å². The Bertz CT molecular complexity index is 1120. The van der Waals surface area contributed by atoms with Crippen LogP contribution < -0.4 is 4.90 Å². The number of esters is 1. The summed E-state index contributed by atoms with van der Waals surface area (Å²) in [5, 5.41) is 20.4. The Kier molecular flexibility index (Phi) is 4.64. The second-order valence-corrected chi connectivity index (χ2v) is 7.51. The third-order valence-corrected chi connectivity index (χ3v) is 6.02. The molecule has 0 amide bonds. The summed E-state index contributed by atoms with van der Waals surface area (Å²) in [4.78, 5) is 26.6. The Morgan fingerprint density at radius 3 is 2.33 bits per heavy atom. The molecule has 0 spiro atoms. The highest BCUT2D eigenvalue weighted by Gasteiger charge is 2.62. The molecule has 2 heterocycles. The van der Waals surface area contributed by atoms with Crippen LogP contribution in [0.3, 0.4) is 0 Å². The number of nitriles is 2. The van der Waals surface area contributed by atoms with Gasteiger partial charge >= 0.3 is 5.97 Å². The van der Waals surface area contributed by atoms with Crippen LogP contribution in [0.15, 0.2) is 54.6 Å². The van der Waals surface area contributed by atoms with Crippen molar-refractivity contribution in [3.05, 3.63) is 71.3 Å². The minimum Gasteiger partial charge on any atom is -0.465 e. The van der Waals surface area contributed by atoms with Crippen LogP contribution in [0.4, 0.5) is 5.69 Å². The molecule has 0 aliphatic carbocycles. The number of carbonyl (C=O) groups is 2. The third-order valence-electron chi connectivity index (χ3n) is 6.02. The van der Waals surface area contributed by atoms with Gasteiger partial charge in [0, 0.05) is 11.6 Å². The quantitative estimate of drug-likeness (QED) is 0.736. The zero-order valence-electron chi connectivity index (χ0n) is 16.6. The fourth-order valence-corrected chi connectivity index (χ4v) is 4.71. The minimum atomic E-state index is -1.47. The van der Waals surface area contributed by atoms with E-state index in [4.69, 9.17) is 4.74 Å². The van der Waals surface area contributed by atoms with Gasteiger partial charge in [-0.25, -0.2) is 4.79 Å². The number of hydrogen-bond donors (Lipinski definition) is 0. The van der Waals surface area contributed by atoms with Gasteiger partial charge in [0.25, 0.3) is 0 Å². The van der Waals surface area contributed by atoms with E-state index in [2.05, 4.69) is 12.1 Å². The van der Waals surface area contributed by atoms with Crippen LogP contribution in [0, 0.1) is 28.1 Å². The maximum absolute atomic E-state index is 12.9. The third kappa shape index (κ3) is 2.62. The molecule has 6 heteroatoms. The standard InChI is InChI=1S/C24H19N3O3/c1-15(28)22-21(17-7-9-18(10-8-17)23(29)30-2)24(13-25,14-26)20-12-11-16-5-3-4-6-19(16)27(20)22/h3-12,20-22H,1-2H3/t20-,21+,22+/m1/s1. The highest BCUT2D eigenvalue weighted by molar-refractivity contribution is 5.92. The second-order valence-electron chi connectivity index (χ2n) is 7.51. The fourth-order valence-electron chi connectivity index (χ4n) is 4.71. The van der Waals surface area contributed by atoms with Gasteiger partial charge < -0.3 is 9.64 Å². The summed E-state index contributed by atoms with van der Waals surface area (Å²) in [6.07, 6.45) is 3.74. The molecule has 0 radical (unpaired) electrons. The Labute approximate surface area is 174 Å². The average molecular weight is 397 g/mol. The van der Waals surface area contributed by atoms with E-state index < -0.39 is 29.4 Å². The van der Waals surface area contributed by atoms with Gasteiger partial charge in [-0.2, -0.15) is 10.5 Å². The van der Waals surface area contributed by atoms with Crippen molar-refractivity contribution in [3.8, 4) is 12.1 Å². The highest BCUT2D eigenvalue weighted by Crippen LogP contribution is 2.55. The van der Waals surface area contributed by atoms with Gasteiger partial charge in [-0.05, 0) is 36.2 Å². The molecule has 2 aliphatic rings. The largest absolute Gasteiger partial charge is 0.465 e. The van der Waals surface area contributed by atoms with E-state index in [-0.39, 0.29) is 5.78 Å². The Balaban J connectivity index is 1.92. The van der Waals surface area contributed by atoms with Crippen molar-refractivity contribution in [1.82, 2.24) is 0 Å². The van der Waals surface area contributed by atoms with E-state index in [9.17, 15) is 20.1 Å². The molecule has 0 N–H and O–H groups in total. The van der Waals surface area contributed by atoms with Crippen LogP contribution in [0.5, 0.6) is 0 Å². The smallest absolute Gasteiger partial charge is 0.337 e. The number of benzene rings is 2. The molecule has 4 rings (SSSR count). The van der Waals surface area contributed by atoms with Crippen LogP contribution >= 0.6 is 0 Å². The van der Waals surface area contributed by atoms with Crippen LogP contribution in [0.1, 0.15) is 34.3 Å². The van der Waals surface area contributed by atoms with E-state index in [1.165, 1.54) is 14.0 Å². The molecule has 148 valence electrons. The number of anilines is 1. The molecule has 3 atom stereocenters. The first-order valence-electron chi connectivity index (χ1n) is 9.55. The number of fused-ring (bicyclic) bond motifs is 3. The lowest BCUT2D eigenvalue weighted by Gasteiger charge is -2.35. The van der Waals surface area contributed by atoms with Gasteiger partial charge in [0.2, 0.25) is 0 Å². The molecule has 2 aromatic carbocycles. The normalized spacial score (nSPS) is 22.9. The summed E-state index contributed by atoms with van der Waals surface area (Å²) < 4.78 is 4.75. The molecule has 0 bridgehead atoms. The van der Waals surface area contributed by atoms with Crippen LogP contribution in [-0.2, 0) is 9.53 Å². The van der Waals surface area contributed by atoms with E-state index in [1.54, 1.807) is 24.3 Å². The first-order chi connectivity index (χ1) is 14.5. The number of ketones is 1. The average Bonchev–Trinajstić information content (AvgIpc) is 3.10. The number of Topliss-reactive ketones (excluding diaryl/α,β-unsaturated/α-hetero) is 1. The van der Waals surface area contributed by atoms with Gasteiger partial charge in [0.05, 0.1) is 36.9 Å². The fraction of sp³-hybridized carbons (Fsp3) is 0.250. The van der Waals surface area contributed by atoms with Crippen molar-refractivity contribution in [2.24, 2.45) is 5.41 Å². The van der Waals surface area contributed by atoms with Gasteiger partial charge in [-0.3, -0.25) is 4.79 Å². The molecule has 2 aliphatic heterocycles. The van der Waals surface area contributed by atoms with Crippen molar-refractivity contribution in [2.75, 3.05) is 12.0 Å². The van der Waals surface area contributed by atoms with E-state index in [0.717, 1.165) is 11.3 Å². The van der Waals surface area contributed by atoms with Crippen molar-refractivity contribution in [1.29, 1.82) is 10.5 Å². The number of hydrogen-bond acceptors (Lipinski definition) is 6. The first-order valence-corrected chi connectivity index (χ1v) is 9.55. The van der Waals surface area contributed by atoms with Crippen LogP contribution in [0.2, 0.25) is 0 Å². The SMILES string of the molecule is COC(=O)c1ccc([C@H]2[C@H](C(C)=O)N3c4ccccc4C=C[C@@H]3C2(C#N)C#N)cc1. The summed E-state index contributed by atoms with van der Waals surface area (Å²) in [6, 6.07) is 17.5. The Hall–Kier alpha value is -3.90. The van der Waals surface area contributed by atoms with Crippen molar-refractivity contribution in [3.63, 3.8) is 0 Å². The van der Waals surface area contributed by atoms with Crippen molar-refractivity contribution in [2.45, 2.75) is 24.9 Å². The highest BCUT2D eigenvalue weighted by atomic mass is 16.5. The summed E-state index contributed by atoms with van der Waals surface area (Å²) in [6.45, 7) is 1.49. The summed E-state index contributed by atoms with van der Waals surface area (Å²) >= 11 is 0. The molecular weight excluding hydrogens is 378 g/mol. The predicted molar refractivity (Wildman–Crippen MR) is 110 cm³/mol. The predicted octanol–water partition coefficient (Wildman–Crippen LogP) is 3.46. The van der Waals surface area contributed by atoms with Crippen molar-refractivity contribution < 1.29 is 14.3 Å². The van der Waals surface area contributed by atoms with Gasteiger partial charge in [0.1, 0.15) is 0 Å². The summed E-state index contributed by atoms with van der Waals surface area (Å²) in [7, 11) is 1.30. The number of carbonyl (C=O) groups excluding carboxylic acids is 2. The molecule has 6 nitrogen and oxygen atoms in total. The zero-order valence-corrected chi connectivity index (χ0v) is 16.6. The topological polar surface area (TPSA) is 94.2 Å². The number of rotatable bonds is 3. The van der Waals surface area contributed by atoms with E-state index in [1.807, 2.05) is 41.3 Å². The lowest BCUT2D eigenvalue weighted by molar-refractivity contribution is -0.118. The van der Waals surface area contributed by atoms with Crippen LogP contribution in [-0.4, -0.2) is 30.9 Å². The molecular formula is C24H19N3O3. The van der Waals surface area contributed by atoms with Gasteiger partial charge in [-0.15, -0.1) is 0 Å². The summed E-state index contributed by atoms with van der Waals surface area (Å²) in [5.74, 6) is -1.28. The number of para-hydroxylation sites is 1. The molecule has 0 aromatic heterocycles. The van der Waals surface area contributed by atoms with Crippen molar-refractivity contribution >= 4 is 23.5 Å². The first kappa shape index (κ1) is 19.4. The molecule has 30 heavy (non-hydrogen) atoms. The molecule has 0 unspecified atom stereocenters. The number of nitrogens with zero attached hydrogens (tertiary/aromatic N) is 3. The maximum atomic E-state index is 12.9. The Morgan fingerprint density at radius 2 is 1.73 bits per heavy atom. The van der Waals surface area contributed by atoms with E-state index in [0.29, 0.717) is 11.1 Å². The molecule has 0 saturated carbocycles. The Morgan fingerprint density at radius 1 is 1.07 bits per heavy atom. The lowest BCUT2D eigenvalue weighted by atomic mass is 9.69. The molecule has 1 saturated heterocycles. The number of methoxy groups -OCH3 is 1. The van der Waals surface area contributed by atoms with Gasteiger partial charge in [0.15, 0.2) is 11.2 Å². The van der Waals surface area contributed by atoms with Gasteiger partial charge in [-0.1, -0.05) is 42.5 Å². The lowest BCUT2D eigenvalue weighted by Crippen LogP contribution is -2.43. The summed E-state index contributed by atoms with van der Waals surface area (Å²) in [5.41, 5.74) is 1.32. The van der Waals surface area contributed by atoms with E-state index >= 15 is 0 Å². The second kappa shape index (κ2) is 7.17. The molecule has 1 fully saturated rings. The maximum Gasteiger partial charge on any atom is 0.337 e. The zero-order chi connectivity index (χ0) is 21.5. The number of ether oxygens (including phenoxy) is 1. The molecule has 2 aromatic rings. The monoisotopic (exact) mass is 397 g/mol.